The van der Waals surface area contributed by atoms with Crippen LogP contribution in [-0.4, -0.2) is 44.4 Å². The largest absolute Gasteiger partial charge is 0.371 e. The van der Waals surface area contributed by atoms with Gasteiger partial charge in [-0.2, -0.15) is 0 Å². The Labute approximate surface area is 111 Å². The lowest BCUT2D eigenvalue weighted by molar-refractivity contribution is 0.0952. The van der Waals surface area contributed by atoms with E-state index in [-0.39, 0.29) is 29.4 Å². The van der Waals surface area contributed by atoms with Crippen molar-refractivity contribution in [3.63, 3.8) is 0 Å². The van der Waals surface area contributed by atoms with Gasteiger partial charge in [0.25, 0.3) is 5.91 Å². The third-order valence-electron chi connectivity index (χ3n) is 2.51. The minimum atomic E-state index is -3.15. The number of carbonyl (C=O) groups is 1. The molecule has 1 aromatic rings. The molecular weight excluding hydrogens is 273 g/mol. The predicted octanol–water partition coefficient (Wildman–Crippen LogP) is 0.427. The van der Waals surface area contributed by atoms with Gasteiger partial charge in [0, 0.05) is 25.5 Å². The number of hydrogen-bond acceptors (Lipinski definition) is 5. The quantitative estimate of drug-likeness (QED) is 0.792. The van der Waals surface area contributed by atoms with E-state index in [1.807, 2.05) is 0 Å². The second-order valence-electron chi connectivity index (χ2n) is 3.76. The maximum atomic E-state index is 13.7. The lowest BCUT2D eigenvalue weighted by Crippen LogP contribution is -2.30. The first-order valence-electron chi connectivity index (χ1n) is 5.72. The molecule has 2 N–H and O–H groups in total. The number of hydrogen-bond donors (Lipinski definition) is 2. The molecule has 1 amide bonds. The Bertz CT molecular complexity index is 560. The number of pyridine rings is 1. The van der Waals surface area contributed by atoms with Crippen LogP contribution in [0.4, 0.5) is 10.2 Å². The van der Waals surface area contributed by atoms with Crippen LogP contribution in [0.15, 0.2) is 12.3 Å². The highest BCUT2D eigenvalue weighted by atomic mass is 32.2. The Morgan fingerprint density at radius 3 is 2.74 bits per heavy atom. The van der Waals surface area contributed by atoms with Gasteiger partial charge in [0.2, 0.25) is 0 Å². The molecule has 0 aliphatic rings. The molecule has 19 heavy (non-hydrogen) atoms. The minimum absolute atomic E-state index is 0.0103. The van der Waals surface area contributed by atoms with E-state index < -0.39 is 21.6 Å². The van der Waals surface area contributed by atoms with Crippen LogP contribution in [0.25, 0.3) is 0 Å². The van der Waals surface area contributed by atoms with E-state index in [0.29, 0.717) is 0 Å². The molecule has 0 aliphatic heterocycles. The van der Waals surface area contributed by atoms with Crippen LogP contribution in [0.5, 0.6) is 0 Å². The van der Waals surface area contributed by atoms with E-state index in [4.69, 9.17) is 0 Å². The summed E-state index contributed by atoms with van der Waals surface area (Å²) >= 11 is 0. The van der Waals surface area contributed by atoms with Crippen molar-refractivity contribution < 1.29 is 17.6 Å². The maximum Gasteiger partial charge on any atom is 0.254 e. The molecular formula is C11H16FN3O3S. The molecule has 1 rings (SSSR count). The van der Waals surface area contributed by atoms with Crippen molar-refractivity contribution in [2.75, 3.05) is 30.4 Å². The van der Waals surface area contributed by atoms with E-state index in [9.17, 15) is 17.6 Å². The van der Waals surface area contributed by atoms with E-state index in [0.717, 1.165) is 0 Å². The van der Waals surface area contributed by atoms with Gasteiger partial charge in [0.05, 0.1) is 11.3 Å². The summed E-state index contributed by atoms with van der Waals surface area (Å²) in [6, 6.07) is 1.24. The van der Waals surface area contributed by atoms with Crippen molar-refractivity contribution in [1.82, 2.24) is 10.3 Å². The summed E-state index contributed by atoms with van der Waals surface area (Å²) in [6.07, 6.45) is 1.30. The maximum absolute atomic E-state index is 13.7. The van der Waals surface area contributed by atoms with Crippen LogP contribution < -0.4 is 10.6 Å². The van der Waals surface area contributed by atoms with Gasteiger partial charge < -0.3 is 10.6 Å². The fourth-order valence-electron chi connectivity index (χ4n) is 1.35. The fraction of sp³-hybridized carbons (Fsp3) is 0.455. The zero-order chi connectivity index (χ0) is 14.5. The molecule has 0 saturated carbocycles. The van der Waals surface area contributed by atoms with E-state index >= 15 is 0 Å². The van der Waals surface area contributed by atoms with Gasteiger partial charge in [-0.1, -0.05) is 6.92 Å². The highest BCUT2D eigenvalue weighted by Crippen LogP contribution is 2.13. The summed E-state index contributed by atoms with van der Waals surface area (Å²) in [5.41, 5.74) is -0.173. The number of nitrogens with one attached hydrogen (secondary N) is 2. The summed E-state index contributed by atoms with van der Waals surface area (Å²) in [4.78, 5) is 15.4. The third-order valence-corrected chi connectivity index (χ3v) is 4.21. The number of aromatic nitrogens is 1. The molecule has 1 heterocycles. The van der Waals surface area contributed by atoms with Gasteiger partial charge in [-0.05, 0) is 6.07 Å². The van der Waals surface area contributed by atoms with Crippen LogP contribution in [0, 0.1) is 5.82 Å². The Morgan fingerprint density at radius 2 is 2.16 bits per heavy atom. The lowest BCUT2D eigenvalue weighted by atomic mass is 10.2. The van der Waals surface area contributed by atoms with E-state index in [1.54, 1.807) is 0 Å². The van der Waals surface area contributed by atoms with Crippen LogP contribution >= 0.6 is 0 Å². The smallest absolute Gasteiger partial charge is 0.254 e. The van der Waals surface area contributed by atoms with Gasteiger partial charge in [-0.3, -0.25) is 4.79 Å². The lowest BCUT2D eigenvalue weighted by Gasteiger charge is -2.08. The molecule has 0 bridgehead atoms. The topological polar surface area (TPSA) is 88.2 Å². The number of nitrogens with zero attached hydrogens (tertiary/aromatic N) is 1. The van der Waals surface area contributed by atoms with Gasteiger partial charge in [-0.15, -0.1) is 0 Å². The van der Waals surface area contributed by atoms with Crippen molar-refractivity contribution >= 4 is 21.6 Å². The first-order chi connectivity index (χ1) is 8.91. The van der Waals surface area contributed by atoms with Crippen LogP contribution in [-0.2, 0) is 9.84 Å². The summed E-state index contributed by atoms with van der Waals surface area (Å²) in [5.74, 6) is -1.62. The molecule has 1 aromatic heterocycles. The third kappa shape index (κ3) is 4.16. The summed E-state index contributed by atoms with van der Waals surface area (Å²) in [5, 5.41) is 4.89. The standard InChI is InChI=1S/C11H16FN3O3S/c1-3-19(17,18)7-6-15-11(16)8-4-5-14-10(13-2)9(8)12/h4-5H,3,6-7H2,1-2H3,(H,13,14)(H,15,16). The van der Waals surface area contributed by atoms with Crippen LogP contribution in [0.3, 0.4) is 0 Å². The van der Waals surface area contributed by atoms with Gasteiger partial charge in [0.15, 0.2) is 21.5 Å². The SMILES string of the molecule is CCS(=O)(=O)CCNC(=O)c1ccnc(NC)c1F. The van der Waals surface area contributed by atoms with E-state index in [1.165, 1.54) is 26.2 Å². The average Bonchev–Trinajstić information content (AvgIpc) is 2.38. The average molecular weight is 289 g/mol. The molecule has 0 spiro atoms. The molecule has 0 atom stereocenters. The monoisotopic (exact) mass is 289 g/mol. The number of halogens is 1. The Morgan fingerprint density at radius 1 is 1.47 bits per heavy atom. The molecule has 0 radical (unpaired) electrons. The first-order valence-corrected chi connectivity index (χ1v) is 7.54. The van der Waals surface area contributed by atoms with Crippen molar-refractivity contribution in [3.05, 3.63) is 23.6 Å². The first kappa shape index (κ1) is 15.4. The molecule has 6 nitrogen and oxygen atoms in total. The van der Waals surface area contributed by atoms with Gasteiger partial charge in [0.1, 0.15) is 0 Å². The minimum Gasteiger partial charge on any atom is -0.371 e. The number of rotatable bonds is 6. The Balaban J connectivity index is 2.69. The highest BCUT2D eigenvalue weighted by Gasteiger charge is 2.16. The molecule has 0 fully saturated rings. The van der Waals surface area contributed by atoms with Crippen molar-refractivity contribution in [1.29, 1.82) is 0 Å². The molecule has 106 valence electrons. The summed E-state index contributed by atoms with van der Waals surface area (Å²) in [7, 11) is -1.67. The Kier molecular flexibility index (Phi) is 5.22. The molecule has 8 heteroatoms. The van der Waals surface area contributed by atoms with Crippen LogP contribution in [0.1, 0.15) is 17.3 Å². The molecule has 0 saturated heterocycles. The summed E-state index contributed by atoms with van der Waals surface area (Å²) < 4.78 is 36.2. The van der Waals surface area contributed by atoms with Crippen molar-refractivity contribution in [2.45, 2.75) is 6.92 Å². The van der Waals surface area contributed by atoms with Crippen molar-refractivity contribution in [2.24, 2.45) is 0 Å². The van der Waals surface area contributed by atoms with E-state index in [2.05, 4.69) is 15.6 Å². The van der Waals surface area contributed by atoms with Gasteiger partial charge >= 0.3 is 0 Å². The molecule has 0 aliphatic carbocycles. The number of anilines is 1. The Hall–Kier alpha value is -1.70. The van der Waals surface area contributed by atoms with Crippen molar-refractivity contribution in [3.8, 4) is 0 Å². The zero-order valence-electron chi connectivity index (χ0n) is 10.7. The van der Waals surface area contributed by atoms with Gasteiger partial charge in [-0.25, -0.2) is 17.8 Å². The normalized spacial score (nSPS) is 11.1. The molecule has 0 aromatic carbocycles. The zero-order valence-corrected chi connectivity index (χ0v) is 11.6. The number of amides is 1. The predicted molar refractivity (Wildman–Crippen MR) is 70.4 cm³/mol. The number of carbonyl (C=O) groups excluding carboxylic acids is 1. The van der Waals surface area contributed by atoms with Crippen LogP contribution in [0.2, 0.25) is 0 Å². The molecule has 0 unspecified atom stereocenters. The summed E-state index contributed by atoms with van der Waals surface area (Å²) in [6.45, 7) is 1.48. The number of sulfone groups is 1. The second-order valence-corrected chi connectivity index (χ2v) is 6.24. The fourth-order valence-corrected chi connectivity index (χ4v) is 2.05. The second kappa shape index (κ2) is 6.46. The highest BCUT2D eigenvalue weighted by molar-refractivity contribution is 7.91.